The average molecular weight is 569 g/mol. The van der Waals surface area contributed by atoms with Gasteiger partial charge < -0.3 is 35.9 Å². The molecule has 0 aliphatic heterocycles. The van der Waals surface area contributed by atoms with Crippen molar-refractivity contribution in [2.75, 3.05) is 19.7 Å². The number of para-hydroxylation sites is 2. The molecule has 3 amide bonds. The van der Waals surface area contributed by atoms with Gasteiger partial charge in [-0.15, -0.1) is 0 Å². The standard InChI is InChI=1S/C27H32N6O8/c1-2-3-12-41-26(40)32-27(16-28,24(37)38)23(36)18-10-8-17(9-11-18)14-33(25(39)29-13-22(34)35)15-21-30-19-6-4-5-7-20(19)31-21/h4-11H,2-3,12-16,28H2,1H3,(H,29,39)(H,30,31)(H,32,40)(H,34,35)(H,37,38). The molecule has 1 heterocycles. The van der Waals surface area contributed by atoms with E-state index in [1.165, 1.54) is 29.2 Å². The third-order valence-electron chi connectivity index (χ3n) is 6.15. The first-order chi connectivity index (χ1) is 19.6. The van der Waals surface area contributed by atoms with Gasteiger partial charge in [0.25, 0.3) is 0 Å². The van der Waals surface area contributed by atoms with Crippen LogP contribution in [0.25, 0.3) is 11.0 Å². The summed E-state index contributed by atoms with van der Waals surface area (Å²) in [5.41, 5.74) is 5.17. The number of aromatic amines is 1. The molecule has 1 aromatic heterocycles. The van der Waals surface area contributed by atoms with E-state index < -0.39 is 48.5 Å². The van der Waals surface area contributed by atoms with E-state index in [-0.39, 0.29) is 25.3 Å². The Kier molecular flexibility index (Phi) is 10.4. The minimum atomic E-state index is -2.45. The number of aliphatic carboxylic acids is 2. The highest BCUT2D eigenvalue weighted by Crippen LogP contribution is 2.18. The molecule has 0 spiro atoms. The maximum Gasteiger partial charge on any atom is 0.408 e. The first-order valence-electron chi connectivity index (χ1n) is 12.8. The molecule has 218 valence electrons. The van der Waals surface area contributed by atoms with Crippen LogP contribution >= 0.6 is 0 Å². The lowest BCUT2D eigenvalue weighted by Crippen LogP contribution is -2.64. The summed E-state index contributed by atoms with van der Waals surface area (Å²) >= 11 is 0. The number of nitrogens with two attached hydrogens (primary N) is 1. The van der Waals surface area contributed by atoms with Crippen LogP contribution in [-0.2, 0) is 27.4 Å². The van der Waals surface area contributed by atoms with E-state index in [9.17, 15) is 29.1 Å². The van der Waals surface area contributed by atoms with Crippen molar-refractivity contribution in [3.63, 3.8) is 0 Å². The van der Waals surface area contributed by atoms with Gasteiger partial charge in [0, 0.05) is 18.7 Å². The number of carbonyl (C=O) groups is 5. The topological polar surface area (TPSA) is 217 Å². The third-order valence-corrected chi connectivity index (χ3v) is 6.15. The van der Waals surface area contributed by atoms with Crippen molar-refractivity contribution in [3.05, 3.63) is 65.5 Å². The number of carboxylic acid groups (broad SMARTS) is 2. The molecule has 41 heavy (non-hydrogen) atoms. The number of hydrogen-bond donors (Lipinski definition) is 6. The molecule has 14 heteroatoms. The molecule has 1 atom stereocenters. The van der Waals surface area contributed by atoms with Crippen LogP contribution in [-0.4, -0.2) is 80.2 Å². The summed E-state index contributed by atoms with van der Waals surface area (Å²) in [5, 5.41) is 23.2. The van der Waals surface area contributed by atoms with E-state index in [2.05, 4.69) is 20.6 Å². The minimum Gasteiger partial charge on any atom is -0.480 e. The van der Waals surface area contributed by atoms with Crippen LogP contribution in [0.1, 0.15) is 41.5 Å². The summed E-state index contributed by atoms with van der Waals surface area (Å²) in [6, 6.07) is 12.3. The number of unbranched alkanes of at least 4 members (excludes halogenated alkanes) is 1. The van der Waals surface area contributed by atoms with Crippen molar-refractivity contribution in [2.45, 2.75) is 38.4 Å². The van der Waals surface area contributed by atoms with Gasteiger partial charge in [-0.1, -0.05) is 49.7 Å². The quantitative estimate of drug-likeness (QED) is 0.0942. The summed E-state index contributed by atoms with van der Waals surface area (Å²) < 4.78 is 4.95. The molecule has 2 aromatic carbocycles. The monoisotopic (exact) mass is 568 g/mol. The fourth-order valence-electron chi connectivity index (χ4n) is 3.91. The number of nitrogens with one attached hydrogen (secondary N) is 3. The van der Waals surface area contributed by atoms with Crippen molar-refractivity contribution in [3.8, 4) is 0 Å². The highest BCUT2D eigenvalue weighted by molar-refractivity contribution is 6.17. The Labute approximate surface area is 234 Å². The lowest BCUT2D eigenvalue weighted by molar-refractivity contribution is -0.142. The van der Waals surface area contributed by atoms with Crippen LogP contribution in [0.15, 0.2) is 48.5 Å². The van der Waals surface area contributed by atoms with E-state index in [1.807, 2.05) is 25.1 Å². The van der Waals surface area contributed by atoms with E-state index in [0.29, 0.717) is 23.3 Å². The SMILES string of the molecule is CCCCOC(=O)NC(CN)(C(=O)O)C(=O)c1ccc(CN(Cc2nc3ccccc3[nH]2)C(=O)NCC(=O)O)cc1. The van der Waals surface area contributed by atoms with Gasteiger partial charge >= 0.3 is 24.1 Å². The summed E-state index contributed by atoms with van der Waals surface area (Å²) in [5.74, 6) is -3.34. The number of H-pyrrole nitrogens is 1. The molecular weight excluding hydrogens is 536 g/mol. The van der Waals surface area contributed by atoms with Gasteiger partial charge in [-0.05, 0) is 24.1 Å². The maximum atomic E-state index is 13.2. The number of amides is 3. The second kappa shape index (κ2) is 13.9. The number of imidazole rings is 1. The predicted molar refractivity (Wildman–Crippen MR) is 146 cm³/mol. The average Bonchev–Trinajstić information content (AvgIpc) is 3.37. The number of fused-ring (bicyclic) bond motifs is 1. The van der Waals surface area contributed by atoms with Gasteiger partial charge in [0.15, 0.2) is 0 Å². The summed E-state index contributed by atoms with van der Waals surface area (Å²) in [6.45, 7) is 0.639. The molecule has 3 aromatic rings. The molecular formula is C27H32N6O8. The molecule has 0 bridgehead atoms. The summed E-state index contributed by atoms with van der Waals surface area (Å²) in [6.07, 6.45) is 0.230. The number of urea groups is 1. The second-order valence-electron chi connectivity index (χ2n) is 9.16. The first-order valence-corrected chi connectivity index (χ1v) is 12.8. The van der Waals surface area contributed by atoms with Crippen LogP contribution in [0.5, 0.6) is 0 Å². The zero-order valence-corrected chi connectivity index (χ0v) is 22.4. The summed E-state index contributed by atoms with van der Waals surface area (Å²) in [4.78, 5) is 70.2. The highest BCUT2D eigenvalue weighted by atomic mass is 16.5. The van der Waals surface area contributed by atoms with Gasteiger partial charge in [0.2, 0.25) is 11.3 Å². The number of aromatic nitrogens is 2. The number of ketones is 1. The number of benzene rings is 2. The van der Waals surface area contributed by atoms with Gasteiger partial charge in [-0.2, -0.15) is 0 Å². The number of nitrogens with zero attached hydrogens (tertiary/aromatic N) is 2. The second-order valence-corrected chi connectivity index (χ2v) is 9.16. The summed E-state index contributed by atoms with van der Waals surface area (Å²) in [7, 11) is 0. The Bertz CT molecular complexity index is 1370. The van der Waals surface area contributed by atoms with E-state index in [1.54, 1.807) is 6.07 Å². The van der Waals surface area contributed by atoms with Crippen LogP contribution in [0, 0.1) is 0 Å². The molecule has 0 aliphatic carbocycles. The highest BCUT2D eigenvalue weighted by Gasteiger charge is 2.47. The number of hydrogen-bond acceptors (Lipinski definition) is 8. The maximum absolute atomic E-state index is 13.2. The van der Waals surface area contributed by atoms with Gasteiger partial charge in [-0.25, -0.2) is 19.4 Å². The number of alkyl carbamates (subject to hydrolysis) is 1. The van der Waals surface area contributed by atoms with Gasteiger partial charge in [-0.3, -0.25) is 14.9 Å². The third kappa shape index (κ3) is 7.79. The molecule has 0 aliphatic rings. The van der Waals surface area contributed by atoms with Crippen molar-refractivity contribution in [1.82, 2.24) is 25.5 Å². The Balaban J connectivity index is 1.80. The van der Waals surface area contributed by atoms with E-state index >= 15 is 0 Å². The molecule has 7 N–H and O–H groups in total. The van der Waals surface area contributed by atoms with Crippen molar-refractivity contribution in [2.24, 2.45) is 5.73 Å². The number of Topliss-reactive ketones (excluding diaryl/α,β-unsaturated/α-hetero) is 1. The number of rotatable bonds is 14. The van der Waals surface area contributed by atoms with Crippen molar-refractivity contribution in [1.29, 1.82) is 0 Å². The molecule has 14 nitrogen and oxygen atoms in total. The van der Waals surface area contributed by atoms with Crippen LogP contribution in [0.2, 0.25) is 0 Å². The first kappa shape index (κ1) is 30.6. The van der Waals surface area contributed by atoms with E-state index in [4.69, 9.17) is 15.6 Å². The molecule has 3 rings (SSSR count). The number of carboxylic acids is 2. The number of ether oxygens (including phenoxy) is 1. The molecule has 0 radical (unpaired) electrons. The normalized spacial score (nSPS) is 12.2. The Morgan fingerprint density at radius 3 is 2.37 bits per heavy atom. The van der Waals surface area contributed by atoms with Crippen LogP contribution in [0.3, 0.4) is 0 Å². The fraction of sp³-hybridized carbons (Fsp3) is 0.333. The fourth-order valence-corrected chi connectivity index (χ4v) is 3.91. The lowest BCUT2D eigenvalue weighted by Gasteiger charge is -2.27. The minimum absolute atomic E-state index is 0.0000646. The predicted octanol–water partition coefficient (Wildman–Crippen LogP) is 1.85. The molecule has 0 saturated carbocycles. The largest absolute Gasteiger partial charge is 0.480 e. The Morgan fingerprint density at radius 1 is 1.05 bits per heavy atom. The van der Waals surface area contributed by atoms with E-state index in [0.717, 1.165) is 11.9 Å². The smallest absolute Gasteiger partial charge is 0.408 e. The Morgan fingerprint density at radius 2 is 1.76 bits per heavy atom. The zero-order valence-electron chi connectivity index (χ0n) is 22.4. The lowest BCUT2D eigenvalue weighted by atomic mass is 9.89. The van der Waals surface area contributed by atoms with Crippen LogP contribution < -0.4 is 16.4 Å². The molecule has 1 unspecified atom stereocenters. The molecule has 0 fully saturated rings. The number of carbonyl (C=O) groups excluding carboxylic acids is 3. The van der Waals surface area contributed by atoms with Gasteiger partial charge in [0.05, 0.1) is 24.2 Å². The van der Waals surface area contributed by atoms with Crippen molar-refractivity contribution < 1.29 is 38.9 Å². The van der Waals surface area contributed by atoms with Crippen LogP contribution in [0.4, 0.5) is 9.59 Å². The van der Waals surface area contributed by atoms with Gasteiger partial charge in [0.1, 0.15) is 12.4 Å². The molecule has 0 saturated heterocycles. The van der Waals surface area contributed by atoms with Crippen molar-refractivity contribution >= 4 is 40.9 Å². The zero-order chi connectivity index (χ0) is 30.0. The Hall–Kier alpha value is -4.98.